The molecule has 0 aliphatic carbocycles. The van der Waals surface area contributed by atoms with Crippen LogP contribution in [0, 0.1) is 0 Å². The zero-order chi connectivity index (χ0) is 20.4. The van der Waals surface area contributed by atoms with Crippen LogP contribution in [0.1, 0.15) is 12.8 Å². The smallest absolute Gasteiger partial charge is 0.332 e. The number of unbranched alkanes of at least 4 members (excludes halogenated alkanes) is 1. The van der Waals surface area contributed by atoms with Gasteiger partial charge in [0, 0.05) is 59.2 Å². The van der Waals surface area contributed by atoms with Gasteiger partial charge in [0.25, 0.3) is 5.56 Å². The maximum absolute atomic E-state index is 12.5. The third-order valence-corrected chi connectivity index (χ3v) is 5.55. The van der Waals surface area contributed by atoms with Gasteiger partial charge in [0.05, 0.1) is 6.33 Å². The van der Waals surface area contributed by atoms with E-state index in [2.05, 4.69) is 24.8 Å². The first-order valence-corrected chi connectivity index (χ1v) is 9.91. The fraction of sp³-hybridized carbons (Fsp3) is 0.526. The monoisotopic (exact) mass is 398 g/mol. The summed E-state index contributed by atoms with van der Waals surface area (Å²) >= 11 is 0. The van der Waals surface area contributed by atoms with Gasteiger partial charge in [-0.15, -0.1) is 0 Å². The van der Waals surface area contributed by atoms with Gasteiger partial charge in [0.2, 0.25) is 5.95 Å². The zero-order valence-electron chi connectivity index (χ0n) is 16.9. The molecule has 0 radical (unpaired) electrons. The van der Waals surface area contributed by atoms with Gasteiger partial charge in [-0.2, -0.15) is 0 Å². The van der Waals surface area contributed by atoms with Crippen LogP contribution >= 0.6 is 0 Å². The Hall–Kier alpha value is -3.01. The predicted octanol–water partition coefficient (Wildman–Crippen LogP) is -0.174. The predicted molar refractivity (Wildman–Crippen MR) is 110 cm³/mol. The van der Waals surface area contributed by atoms with E-state index in [4.69, 9.17) is 0 Å². The normalized spacial score (nSPS) is 15.3. The van der Waals surface area contributed by atoms with Crippen LogP contribution in [0.25, 0.3) is 11.2 Å². The molecule has 0 amide bonds. The molecule has 0 unspecified atom stereocenters. The highest BCUT2D eigenvalue weighted by molar-refractivity contribution is 5.69. The fourth-order valence-corrected chi connectivity index (χ4v) is 3.81. The van der Waals surface area contributed by atoms with Gasteiger partial charge < -0.3 is 9.47 Å². The number of hydrogen-bond acceptors (Lipinski definition) is 7. The lowest BCUT2D eigenvalue weighted by Gasteiger charge is -2.34. The molecule has 0 spiro atoms. The molecule has 3 aromatic rings. The molecule has 4 heterocycles. The van der Waals surface area contributed by atoms with Gasteiger partial charge in [-0.05, 0) is 25.5 Å². The van der Waals surface area contributed by atoms with Crippen LogP contribution in [-0.2, 0) is 20.6 Å². The second-order valence-corrected chi connectivity index (χ2v) is 7.40. The quantitative estimate of drug-likeness (QED) is 0.532. The van der Waals surface area contributed by atoms with Crippen molar-refractivity contribution in [3.05, 3.63) is 45.6 Å². The van der Waals surface area contributed by atoms with E-state index in [1.807, 2.05) is 10.6 Å². The van der Waals surface area contributed by atoms with E-state index >= 15 is 0 Å². The van der Waals surface area contributed by atoms with Crippen molar-refractivity contribution in [2.45, 2.75) is 19.4 Å². The standard InChI is InChI=1S/C19H26N8O2/c1-23-16-15(17(28)24(2)19(23)29)27(14-22-16)9-4-3-8-25-10-12-26(13-11-25)18-20-6-5-7-21-18/h5-7,14H,3-4,8-13H2,1-2H3. The van der Waals surface area contributed by atoms with E-state index in [0.717, 1.165) is 56.1 Å². The molecular weight excluding hydrogens is 372 g/mol. The average Bonchev–Trinajstić information content (AvgIpc) is 3.19. The molecule has 1 fully saturated rings. The van der Waals surface area contributed by atoms with Crippen molar-refractivity contribution in [3.8, 4) is 0 Å². The molecule has 0 aromatic carbocycles. The van der Waals surface area contributed by atoms with Gasteiger partial charge in [-0.25, -0.2) is 19.7 Å². The lowest BCUT2D eigenvalue weighted by Crippen LogP contribution is -2.47. The lowest BCUT2D eigenvalue weighted by atomic mass is 10.2. The molecule has 0 bridgehead atoms. The largest absolute Gasteiger partial charge is 0.338 e. The van der Waals surface area contributed by atoms with Gasteiger partial charge in [0.15, 0.2) is 11.2 Å². The molecule has 3 aromatic heterocycles. The summed E-state index contributed by atoms with van der Waals surface area (Å²) < 4.78 is 4.42. The van der Waals surface area contributed by atoms with Gasteiger partial charge in [-0.1, -0.05) is 0 Å². The summed E-state index contributed by atoms with van der Waals surface area (Å²) in [6.07, 6.45) is 7.19. The van der Waals surface area contributed by atoms with Crippen LogP contribution in [0.2, 0.25) is 0 Å². The second-order valence-electron chi connectivity index (χ2n) is 7.40. The number of imidazole rings is 1. The highest BCUT2D eigenvalue weighted by Crippen LogP contribution is 2.11. The lowest BCUT2D eigenvalue weighted by molar-refractivity contribution is 0.250. The second kappa shape index (κ2) is 8.16. The molecule has 0 atom stereocenters. The minimum Gasteiger partial charge on any atom is -0.338 e. The maximum atomic E-state index is 12.5. The van der Waals surface area contributed by atoms with Crippen LogP contribution in [-0.4, -0.2) is 66.3 Å². The summed E-state index contributed by atoms with van der Waals surface area (Å²) in [5.74, 6) is 0.801. The minimum absolute atomic E-state index is 0.292. The average molecular weight is 398 g/mol. The summed E-state index contributed by atoms with van der Waals surface area (Å²) in [6.45, 7) is 5.58. The van der Waals surface area contributed by atoms with E-state index < -0.39 is 0 Å². The number of nitrogens with zero attached hydrogens (tertiary/aromatic N) is 8. The number of fused-ring (bicyclic) bond motifs is 1. The number of rotatable bonds is 6. The first-order valence-electron chi connectivity index (χ1n) is 9.91. The molecule has 154 valence electrons. The molecule has 10 heteroatoms. The van der Waals surface area contributed by atoms with Gasteiger partial charge >= 0.3 is 5.69 Å². The molecule has 1 aliphatic rings. The van der Waals surface area contributed by atoms with Crippen molar-refractivity contribution in [2.75, 3.05) is 37.6 Å². The third-order valence-electron chi connectivity index (χ3n) is 5.55. The van der Waals surface area contributed by atoms with E-state index in [1.165, 1.54) is 11.6 Å². The Kier molecular flexibility index (Phi) is 5.43. The van der Waals surface area contributed by atoms with E-state index in [0.29, 0.717) is 17.7 Å². The van der Waals surface area contributed by atoms with Crippen LogP contribution in [0.4, 0.5) is 5.95 Å². The summed E-state index contributed by atoms with van der Waals surface area (Å²) in [7, 11) is 3.14. The summed E-state index contributed by atoms with van der Waals surface area (Å²) in [5, 5.41) is 0. The Balaban J connectivity index is 1.30. The summed E-state index contributed by atoms with van der Waals surface area (Å²) in [4.78, 5) is 42.1. The molecule has 1 aliphatic heterocycles. The van der Waals surface area contributed by atoms with Crippen molar-refractivity contribution >= 4 is 17.1 Å². The fourth-order valence-electron chi connectivity index (χ4n) is 3.81. The SMILES string of the molecule is Cn1c(=O)c2c(ncn2CCCCN2CCN(c3ncccn3)CC2)n(C)c1=O. The molecule has 0 saturated carbocycles. The number of anilines is 1. The first kappa shape index (κ1) is 19.3. The van der Waals surface area contributed by atoms with E-state index in [-0.39, 0.29) is 11.2 Å². The molecule has 29 heavy (non-hydrogen) atoms. The number of piperazine rings is 1. The Bertz CT molecular complexity index is 1090. The molecule has 1 saturated heterocycles. The Labute approximate surface area is 168 Å². The number of aromatic nitrogens is 6. The zero-order valence-corrected chi connectivity index (χ0v) is 16.9. The summed E-state index contributed by atoms with van der Waals surface area (Å²) in [5.41, 5.74) is 0.288. The molecule has 4 rings (SSSR count). The highest BCUT2D eigenvalue weighted by atomic mass is 16.2. The topological polar surface area (TPSA) is 94.1 Å². The highest BCUT2D eigenvalue weighted by Gasteiger charge is 2.18. The Morgan fingerprint density at radius 3 is 2.31 bits per heavy atom. The third kappa shape index (κ3) is 3.80. The van der Waals surface area contributed by atoms with Crippen molar-refractivity contribution in [1.82, 2.24) is 33.6 Å². The van der Waals surface area contributed by atoms with Crippen molar-refractivity contribution < 1.29 is 0 Å². The van der Waals surface area contributed by atoms with Crippen LogP contribution in [0.3, 0.4) is 0 Å². The maximum Gasteiger partial charge on any atom is 0.332 e. The molecule has 10 nitrogen and oxygen atoms in total. The van der Waals surface area contributed by atoms with Crippen molar-refractivity contribution in [1.29, 1.82) is 0 Å². The van der Waals surface area contributed by atoms with Crippen LogP contribution in [0.5, 0.6) is 0 Å². The number of aryl methyl sites for hydroxylation is 2. The minimum atomic E-state index is -0.354. The molecule has 0 N–H and O–H groups in total. The van der Waals surface area contributed by atoms with Gasteiger partial charge in [0.1, 0.15) is 0 Å². The van der Waals surface area contributed by atoms with Gasteiger partial charge in [-0.3, -0.25) is 18.8 Å². The van der Waals surface area contributed by atoms with Crippen molar-refractivity contribution in [2.24, 2.45) is 14.1 Å². The van der Waals surface area contributed by atoms with Crippen LogP contribution < -0.4 is 16.1 Å². The number of hydrogen-bond donors (Lipinski definition) is 0. The Morgan fingerprint density at radius 2 is 1.59 bits per heavy atom. The van der Waals surface area contributed by atoms with Crippen molar-refractivity contribution in [3.63, 3.8) is 0 Å². The molecular formula is C19H26N8O2. The van der Waals surface area contributed by atoms with E-state index in [1.54, 1.807) is 25.8 Å². The summed E-state index contributed by atoms with van der Waals surface area (Å²) in [6, 6.07) is 1.83. The van der Waals surface area contributed by atoms with E-state index in [9.17, 15) is 9.59 Å². The Morgan fingerprint density at radius 1 is 0.897 bits per heavy atom. The van der Waals surface area contributed by atoms with Crippen LogP contribution in [0.15, 0.2) is 34.4 Å². The first-order chi connectivity index (χ1) is 14.1.